The van der Waals surface area contributed by atoms with E-state index in [9.17, 15) is 10.2 Å². The molecule has 3 N–H and O–H groups in total. The van der Waals surface area contributed by atoms with Crippen molar-refractivity contribution in [3.63, 3.8) is 0 Å². The molecule has 1 aliphatic rings. The molecule has 122 valence electrons. The van der Waals surface area contributed by atoms with Crippen molar-refractivity contribution in [1.29, 1.82) is 0 Å². The Morgan fingerprint density at radius 1 is 1.41 bits per heavy atom. The average Bonchev–Trinajstić information content (AvgIpc) is 2.53. The van der Waals surface area contributed by atoms with Crippen LogP contribution >= 0.6 is 0 Å². The van der Waals surface area contributed by atoms with E-state index < -0.39 is 0 Å². The van der Waals surface area contributed by atoms with Crippen LogP contribution in [0.3, 0.4) is 0 Å². The number of hydrogen-bond donors (Lipinski definition) is 3. The second-order valence-electron chi connectivity index (χ2n) is 5.38. The van der Waals surface area contributed by atoms with Gasteiger partial charge in [0.2, 0.25) is 0 Å². The Hall–Kier alpha value is -1.95. The van der Waals surface area contributed by atoms with Crippen LogP contribution in [0.4, 0.5) is 0 Å². The van der Waals surface area contributed by atoms with Crippen molar-refractivity contribution >= 4 is 5.96 Å². The van der Waals surface area contributed by atoms with Gasteiger partial charge in [-0.05, 0) is 38.0 Å². The molecule has 0 spiro atoms. The van der Waals surface area contributed by atoms with E-state index in [1.54, 1.807) is 25.3 Å². The van der Waals surface area contributed by atoms with Gasteiger partial charge in [0.25, 0.3) is 0 Å². The molecule has 2 rings (SSSR count). The number of phenolic OH excluding ortho intramolecular Hbond substituents is 1. The monoisotopic (exact) mass is 307 g/mol. The van der Waals surface area contributed by atoms with Crippen LogP contribution in [-0.4, -0.2) is 53.9 Å². The van der Waals surface area contributed by atoms with E-state index in [4.69, 9.17) is 4.74 Å². The van der Waals surface area contributed by atoms with Crippen LogP contribution in [0.2, 0.25) is 0 Å². The van der Waals surface area contributed by atoms with Crippen LogP contribution in [0.1, 0.15) is 25.3 Å². The Morgan fingerprint density at radius 2 is 2.14 bits per heavy atom. The Balaban J connectivity index is 2.09. The summed E-state index contributed by atoms with van der Waals surface area (Å²) in [5.74, 6) is 1.74. The molecular weight excluding hydrogens is 282 g/mol. The molecule has 0 amide bonds. The van der Waals surface area contributed by atoms with Gasteiger partial charge in [0, 0.05) is 25.2 Å². The van der Waals surface area contributed by atoms with Gasteiger partial charge in [-0.25, -0.2) is 4.99 Å². The topological polar surface area (TPSA) is 77.3 Å². The first kappa shape index (κ1) is 16.4. The number of guanidine groups is 1. The second-order valence-corrected chi connectivity index (χ2v) is 5.38. The van der Waals surface area contributed by atoms with Crippen molar-refractivity contribution in [3.05, 3.63) is 23.8 Å². The zero-order chi connectivity index (χ0) is 15.9. The lowest BCUT2D eigenvalue weighted by Crippen LogP contribution is -2.46. The number of piperidine rings is 1. The summed E-state index contributed by atoms with van der Waals surface area (Å²) < 4.78 is 5.18. The van der Waals surface area contributed by atoms with Crippen molar-refractivity contribution in [2.24, 2.45) is 4.99 Å². The predicted octanol–water partition coefficient (Wildman–Crippen LogP) is 1.32. The second kappa shape index (κ2) is 7.89. The number of aliphatic imine (C=N–C) groups is 1. The van der Waals surface area contributed by atoms with E-state index in [1.165, 1.54) is 0 Å². The van der Waals surface area contributed by atoms with Crippen LogP contribution in [-0.2, 0) is 6.54 Å². The first-order valence-corrected chi connectivity index (χ1v) is 7.71. The Labute approximate surface area is 131 Å². The average molecular weight is 307 g/mol. The van der Waals surface area contributed by atoms with Gasteiger partial charge in [0.1, 0.15) is 11.5 Å². The van der Waals surface area contributed by atoms with Gasteiger partial charge in [-0.2, -0.15) is 0 Å². The molecule has 22 heavy (non-hydrogen) atoms. The van der Waals surface area contributed by atoms with E-state index >= 15 is 0 Å². The highest BCUT2D eigenvalue weighted by molar-refractivity contribution is 5.80. The fourth-order valence-electron chi connectivity index (χ4n) is 2.48. The molecule has 0 radical (unpaired) electrons. The summed E-state index contributed by atoms with van der Waals surface area (Å²) in [5.41, 5.74) is 0.729. The van der Waals surface area contributed by atoms with Crippen molar-refractivity contribution in [2.45, 2.75) is 32.4 Å². The number of benzene rings is 1. The molecule has 1 saturated heterocycles. The Kier molecular flexibility index (Phi) is 5.89. The van der Waals surface area contributed by atoms with Gasteiger partial charge in [-0.15, -0.1) is 0 Å². The molecular formula is C16H25N3O3. The fraction of sp³-hybridized carbons (Fsp3) is 0.562. The molecule has 1 aromatic carbocycles. The molecule has 0 bridgehead atoms. The quantitative estimate of drug-likeness (QED) is 0.578. The highest BCUT2D eigenvalue weighted by atomic mass is 16.5. The minimum atomic E-state index is -0.207. The number of rotatable bonds is 4. The zero-order valence-electron chi connectivity index (χ0n) is 13.2. The molecule has 1 fully saturated rings. The van der Waals surface area contributed by atoms with Crippen LogP contribution in [0.25, 0.3) is 0 Å². The number of likely N-dealkylation sites (tertiary alicyclic amines) is 1. The number of ether oxygens (including phenoxy) is 1. The lowest BCUT2D eigenvalue weighted by atomic mass is 10.1. The normalized spacial score (nSPS) is 16.7. The van der Waals surface area contributed by atoms with Crippen LogP contribution in [0.15, 0.2) is 23.2 Å². The van der Waals surface area contributed by atoms with E-state index in [0.29, 0.717) is 12.3 Å². The van der Waals surface area contributed by atoms with Crippen LogP contribution in [0.5, 0.6) is 11.5 Å². The Morgan fingerprint density at radius 3 is 2.77 bits per heavy atom. The number of nitrogens with one attached hydrogen (secondary N) is 1. The van der Waals surface area contributed by atoms with Crippen LogP contribution in [0, 0.1) is 0 Å². The first-order valence-electron chi connectivity index (χ1n) is 7.71. The predicted molar refractivity (Wildman–Crippen MR) is 86.3 cm³/mol. The van der Waals surface area contributed by atoms with Gasteiger partial charge in [-0.1, -0.05) is 0 Å². The summed E-state index contributed by atoms with van der Waals surface area (Å²) in [6, 6.07) is 5.13. The summed E-state index contributed by atoms with van der Waals surface area (Å²) in [5, 5.41) is 22.8. The lowest BCUT2D eigenvalue weighted by molar-refractivity contribution is 0.108. The van der Waals surface area contributed by atoms with Gasteiger partial charge in [0.05, 0.1) is 19.8 Å². The zero-order valence-corrected chi connectivity index (χ0v) is 13.2. The molecule has 1 aliphatic heterocycles. The standard InChI is InChI=1S/C16H25N3O3/c1-3-17-16(19-8-6-13(20)7-9-19)18-11-12-10-14(22-2)4-5-15(12)21/h4-5,10,13,20-21H,3,6-9,11H2,1-2H3,(H,17,18). The van der Waals surface area contributed by atoms with E-state index in [2.05, 4.69) is 15.2 Å². The molecule has 0 unspecified atom stereocenters. The van der Waals surface area contributed by atoms with Gasteiger partial charge in [0.15, 0.2) is 5.96 Å². The molecule has 6 nitrogen and oxygen atoms in total. The number of nitrogens with zero attached hydrogens (tertiary/aromatic N) is 2. The molecule has 0 aliphatic carbocycles. The number of aliphatic hydroxyl groups excluding tert-OH is 1. The van der Waals surface area contributed by atoms with E-state index in [0.717, 1.165) is 44.0 Å². The molecule has 0 aromatic heterocycles. The maximum absolute atomic E-state index is 9.93. The Bertz CT molecular complexity index is 511. The van der Waals surface area contributed by atoms with Gasteiger partial charge in [-0.3, -0.25) is 0 Å². The summed E-state index contributed by atoms with van der Waals surface area (Å²) in [7, 11) is 1.60. The third-order valence-corrected chi connectivity index (χ3v) is 3.78. The highest BCUT2D eigenvalue weighted by Crippen LogP contribution is 2.23. The number of methoxy groups -OCH3 is 1. The maximum atomic E-state index is 9.93. The fourth-order valence-corrected chi connectivity index (χ4v) is 2.48. The smallest absolute Gasteiger partial charge is 0.194 e. The van der Waals surface area contributed by atoms with E-state index in [1.807, 2.05) is 6.92 Å². The molecule has 0 atom stereocenters. The first-order chi connectivity index (χ1) is 10.6. The van der Waals surface area contributed by atoms with Crippen molar-refractivity contribution < 1.29 is 14.9 Å². The summed E-state index contributed by atoms with van der Waals surface area (Å²) >= 11 is 0. The molecule has 0 saturated carbocycles. The highest BCUT2D eigenvalue weighted by Gasteiger charge is 2.19. The minimum Gasteiger partial charge on any atom is -0.508 e. The van der Waals surface area contributed by atoms with Crippen molar-refractivity contribution in [2.75, 3.05) is 26.7 Å². The largest absolute Gasteiger partial charge is 0.508 e. The number of aromatic hydroxyl groups is 1. The maximum Gasteiger partial charge on any atom is 0.194 e. The molecule has 1 aromatic rings. The SMILES string of the molecule is CCNC(=NCc1cc(OC)ccc1O)N1CCC(O)CC1. The number of phenols is 1. The number of hydrogen-bond acceptors (Lipinski definition) is 4. The summed E-state index contributed by atoms with van der Waals surface area (Å²) in [6.07, 6.45) is 1.31. The third kappa shape index (κ3) is 4.27. The van der Waals surface area contributed by atoms with Crippen molar-refractivity contribution in [1.82, 2.24) is 10.2 Å². The summed E-state index contributed by atoms with van der Waals surface area (Å²) in [6.45, 7) is 4.76. The minimum absolute atomic E-state index is 0.207. The van der Waals surface area contributed by atoms with Gasteiger partial charge < -0.3 is 25.2 Å². The van der Waals surface area contributed by atoms with Gasteiger partial charge >= 0.3 is 0 Å². The molecule has 1 heterocycles. The number of aliphatic hydroxyl groups is 1. The van der Waals surface area contributed by atoms with Crippen molar-refractivity contribution in [3.8, 4) is 11.5 Å². The summed E-state index contributed by atoms with van der Waals surface area (Å²) in [4.78, 5) is 6.75. The molecule has 6 heteroatoms. The lowest BCUT2D eigenvalue weighted by Gasteiger charge is -2.32. The van der Waals surface area contributed by atoms with Crippen LogP contribution < -0.4 is 10.1 Å². The van der Waals surface area contributed by atoms with E-state index in [-0.39, 0.29) is 11.9 Å². The third-order valence-electron chi connectivity index (χ3n) is 3.78.